The largest absolute Gasteiger partial charge is 0.317 e. The molecular formula is C15H23NO2S. The zero-order chi connectivity index (χ0) is 14.0. The summed E-state index contributed by atoms with van der Waals surface area (Å²) in [4.78, 5) is 0.552. The highest BCUT2D eigenvalue weighted by Crippen LogP contribution is 2.26. The fraction of sp³-hybridized carbons (Fsp3) is 0.600. The van der Waals surface area contributed by atoms with E-state index >= 15 is 0 Å². The van der Waals surface area contributed by atoms with Crippen LogP contribution in [0.5, 0.6) is 0 Å². The highest BCUT2D eigenvalue weighted by Gasteiger charge is 2.25. The number of hydrogen-bond acceptors (Lipinski definition) is 3. The van der Waals surface area contributed by atoms with E-state index in [1.54, 1.807) is 0 Å². The Kier molecular flexibility index (Phi) is 4.31. The van der Waals surface area contributed by atoms with Crippen LogP contribution in [0.25, 0.3) is 0 Å². The van der Waals surface area contributed by atoms with Crippen LogP contribution in [0.4, 0.5) is 0 Å². The van der Waals surface area contributed by atoms with Gasteiger partial charge in [-0.25, -0.2) is 8.42 Å². The zero-order valence-corrected chi connectivity index (χ0v) is 12.8. The van der Waals surface area contributed by atoms with Gasteiger partial charge in [-0.1, -0.05) is 17.7 Å². The van der Waals surface area contributed by atoms with Crippen molar-refractivity contribution < 1.29 is 8.42 Å². The maximum Gasteiger partial charge on any atom is 0.179 e. The Bertz CT molecular complexity index is 535. The summed E-state index contributed by atoms with van der Waals surface area (Å²) in [6, 6.07) is 3.92. The van der Waals surface area contributed by atoms with E-state index in [4.69, 9.17) is 0 Å². The summed E-state index contributed by atoms with van der Waals surface area (Å²) in [5.41, 5.74) is 2.88. The topological polar surface area (TPSA) is 46.2 Å². The Hall–Kier alpha value is -0.870. The lowest BCUT2D eigenvalue weighted by molar-refractivity contribution is 0.401. The van der Waals surface area contributed by atoms with Crippen LogP contribution in [-0.4, -0.2) is 27.3 Å². The molecule has 0 aromatic heterocycles. The van der Waals surface area contributed by atoms with E-state index in [0.717, 1.165) is 42.6 Å². The fourth-order valence-electron chi connectivity index (χ4n) is 3.10. The molecule has 1 aromatic carbocycles. The molecular weight excluding hydrogens is 258 g/mol. The van der Waals surface area contributed by atoms with E-state index in [0.29, 0.717) is 16.6 Å². The summed E-state index contributed by atoms with van der Waals surface area (Å²) in [5.74, 6) is 0.589. The third-order valence-electron chi connectivity index (χ3n) is 3.83. The molecule has 106 valence electrons. The molecule has 0 amide bonds. The van der Waals surface area contributed by atoms with Gasteiger partial charge in [-0.3, -0.25) is 0 Å². The highest BCUT2D eigenvalue weighted by molar-refractivity contribution is 7.91. The molecule has 19 heavy (non-hydrogen) atoms. The normalized spacial score (nSPS) is 17.6. The molecule has 3 nitrogen and oxygen atoms in total. The third-order valence-corrected chi connectivity index (χ3v) is 6.01. The van der Waals surface area contributed by atoms with E-state index < -0.39 is 9.84 Å². The molecule has 2 rings (SSSR count). The molecule has 1 aliphatic rings. The second kappa shape index (κ2) is 5.63. The lowest BCUT2D eigenvalue weighted by Gasteiger charge is -2.23. The summed E-state index contributed by atoms with van der Waals surface area (Å²) in [6.45, 7) is 7.67. The van der Waals surface area contributed by atoms with Crippen LogP contribution in [-0.2, 0) is 9.84 Å². The molecule has 0 bridgehead atoms. The third kappa shape index (κ3) is 3.37. The van der Waals surface area contributed by atoms with Crippen LogP contribution < -0.4 is 5.32 Å². The Balaban J connectivity index is 2.29. The first-order valence-corrected chi connectivity index (χ1v) is 8.56. The molecule has 0 atom stereocenters. The lowest BCUT2D eigenvalue weighted by atomic mass is 10.0. The van der Waals surface area contributed by atoms with Gasteiger partial charge >= 0.3 is 0 Å². The van der Waals surface area contributed by atoms with Gasteiger partial charge in [0.25, 0.3) is 0 Å². The first kappa shape index (κ1) is 14.5. The second-order valence-electron chi connectivity index (χ2n) is 5.70. The summed E-state index contributed by atoms with van der Waals surface area (Å²) in [5, 5.41) is 3.28. The van der Waals surface area contributed by atoms with Gasteiger partial charge in [-0.2, -0.15) is 0 Å². The van der Waals surface area contributed by atoms with Crippen molar-refractivity contribution in [1.82, 2.24) is 5.32 Å². The van der Waals surface area contributed by atoms with Crippen LogP contribution >= 0.6 is 0 Å². The monoisotopic (exact) mass is 281 g/mol. The fourth-order valence-corrected chi connectivity index (χ4v) is 5.32. The number of rotatable bonds is 3. The van der Waals surface area contributed by atoms with Crippen LogP contribution in [0.3, 0.4) is 0 Å². The van der Waals surface area contributed by atoms with Crippen molar-refractivity contribution in [3.63, 3.8) is 0 Å². The van der Waals surface area contributed by atoms with Gasteiger partial charge in [0.15, 0.2) is 9.84 Å². The van der Waals surface area contributed by atoms with Crippen LogP contribution in [0.1, 0.15) is 29.5 Å². The van der Waals surface area contributed by atoms with Crippen molar-refractivity contribution in [1.29, 1.82) is 0 Å². The molecule has 1 N–H and O–H groups in total. The van der Waals surface area contributed by atoms with E-state index in [2.05, 4.69) is 5.32 Å². The van der Waals surface area contributed by atoms with Crippen molar-refractivity contribution in [3.8, 4) is 0 Å². The molecule has 0 unspecified atom stereocenters. The van der Waals surface area contributed by atoms with E-state index in [1.165, 1.54) is 0 Å². The van der Waals surface area contributed by atoms with Crippen molar-refractivity contribution in [2.75, 3.05) is 18.8 Å². The number of benzene rings is 1. The van der Waals surface area contributed by atoms with Crippen LogP contribution in [0, 0.1) is 26.7 Å². The van der Waals surface area contributed by atoms with E-state index in [9.17, 15) is 8.42 Å². The Labute approximate surface area is 116 Å². The smallest absolute Gasteiger partial charge is 0.179 e. The van der Waals surface area contributed by atoms with Crippen molar-refractivity contribution >= 4 is 9.84 Å². The quantitative estimate of drug-likeness (QED) is 0.925. The van der Waals surface area contributed by atoms with Gasteiger partial charge in [0.2, 0.25) is 0 Å². The minimum Gasteiger partial charge on any atom is -0.317 e. The molecule has 1 heterocycles. The molecule has 0 saturated carbocycles. The van der Waals surface area contributed by atoms with Crippen LogP contribution in [0.15, 0.2) is 17.0 Å². The minimum absolute atomic E-state index is 0.291. The number of piperidine rings is 1. The summed E-state index contributed by atoms with van der Waals surface area (Å²) >= 11 is 0. The average molecular weight is 281 g/mol. The molecule has 0 aliphatic carbocycles. The maximum atomic E-state index is 12.6. The van der Waals surface area contributed by atoms with Gasteiger partial charge in [0, 0.05) is 0 Å². The second-order valence-corrected chi connectivity index (χ2v) is 7.67. The van der Waals surface area contributed by atoms with Crippen molar-refractivity contribution in [3.05, 3.63) is 28.8 Å². The number of nitrogens with one attached hydrogen (secondary N) is 1. The molecule has 4 heteroatoms. The van der Waals surface area contributed by atoms with Gasteiger partial charge in [-0.05, 0) is 63.7 Å². The first-order valence-electron chi connectivity index (χ1n) is 6.91. The van der Waals surface area contributed by atoms with E-state index in [-0.39, 0.29) is 0 Å². The van der Waals surface area contributed by atoms with Crippen molar-refractivity contribution in [2.24, 2.45) is 5.92 Å². The maximum absolute atomic E-state index is 12.6. The number of hydrogen-bond donors (Lipinski definition) is 1. The van der Waals surface area contributed by atoms with Gasteiger partial charge in [-0.15, -0.1) is 0 Å². The molecule has 0 radical (unpaired) electrons. The Morgan fingerprint density at radius 3 is 2.16 bits per heavy atom. The number of aryl methyl sites for hydroxylation is 3. The average Bonchev–Trinajstić information content (AvgIpc) is 2.27. The molecule has 1 aliphatic heterocycles. The zero-order valence-electron chi connectivity index (χ0n) is 12.0. The molecule has 1 fully saturated rings. The van der Waals surface area contributed by atoms with Gasteiger partial charge in [0.05, 0.1) is 10.6 Å². The Morgan fingerprint density at radius 2 is 1.63 bits per heavy atom. The van der Waals surface area contributed by atoms with Crippen LogP contribution in [0.2, 0.25) is 0 Å². The van der Waals surface area contributed by atoms with Gasteiger partial charge in [0.1, 0.15) is 0 Å². The number of sulfone groups is 1. The first-order chi connectivity index (χ1) is 8.90. The highest BCUT2D eigenvalue weighted by atomic mass is 32.2. The van der Waals surface area contributed by atoms with Crippen molar-refractivity contribution in [2.45, 2.75) is 38.5 Å². The molecule has 1 saturated heterocycles. The van der Waals surface area contributed by atoms with Gasteiger partial charge < -0.3 is 5.32 Å². The minimum atomic E-state index is -3.17. The summed E-state index contributed by atoms with van der Waals surface area (Å²) in [7, 11) is -3.17. The summed E-state index contributed by atoms with van der Waals surface area (Å²) in [6.07, 6.45) is 1.92. The molecule has 0 spiro atoms. The summed E-state index contributed by atoms with van der Waals surface area (Å²) < 4.78 is 25.3. The SMILES string of the molecule is Cc1cc(C)c(S(=O)(=O)CC2CCNCC2)c(C)c1. The lowest BCUT2D eigenvalue weighted by Crippen LogP contribution is -2.31. The van der Waals surface area contributed by atoms with E-state index in [1.807, 2.05) is 32.9 Å². The molecule has 1 aromatic rings. The Morgan fingerprint density at radius 1 is 1.11 bits per heavy atom. The predicted octanol–water partition coefficient (Wildman–Crippen LogP) is 2.39. The predicted molar refractivity (Wildman–Crippen MR) is 78.3 cm³/mol. The standard InChI is InChI=1S/C15H23NO2S/c1-11-8-12(2)15(13(3)9-11)19(17,18)10-14-4-6-16-7-5-14/h8-9,14,16H,4-7,10H2,1-3H3.